The molecule has 1 fully saturated rings. The summed E-state index contributed by atoms with van der Waals surface area (Å²) >= 11 is 0. The van der Waals surface area contributed by atoms with E-state index in [2.05, 4.69) is 39.9 Å². The summed E-state index contributed by atoms with van der Waals surface area (Å²) in [5.41, 5.74) is 0.665. The Kier molecular flexibility index (Phi) is 4.00. The van der Waals surface area contributed by atoms with Crippen LogP contribution < -0.4 is 5.32 Å². The summed E-state index contributed by atoms with van der Waals surface area (Å²) in [6, 6.07) is 0. The Balaban J connectivity index is 2.12. The van der Waals surface area contributed by atoms with E-state index in [9.17, 15) is 0 Å². The van der Waals surface area contributed by atoms with Crippen molar-refractivity contribution in [3.63, 3.8) is 0 Å². The highest BCUT2D eigenvalue weighted by atomic mass is 14.9. The van der Waals surface area contributed by atoms with E-state index >= 15 is 0 Å². The van der Waals surface area contributed by atoms with Crippen LogP contribution >= 0.6 is 0 Å². The molecule has 1 rings (SSSR count). The van der Waals surface area contributed by atoms with E-state index in [0.717, 1.165) is 17.8 Å². The van der Waals surface area contributed by atoms with Gasteiger partial charge in [-0.1, -0.05) is 34.6 Å². The maximum Gasteiger partial charge on any atom is -0.00150 e. The van der Waals surface area contributed by atoms with Gasteiger partial charge in [-0.05, 0) is 49.1 Å². The second kappa shape index (κ2) is 4.65. The maximum atomic E-state index is 3.58. The van der Waals surface area contributed by atoms with E-state index in [1.54, 1.807) is 0 Å². The zero-order valence-corrected chi connectivity index (χ0v) is 10.6. The molecular weight excluding hydrogens is 170 g/mol. The molecule has 14 heavy (non-hydrogen) atoms. The van der Waals surface area contributed by atoms with Gasteiger partial charge in [0.25, 0.3) is 0 Å². The number of hydrogen-bond donors (Lipinski definition) is 1. The lowest BCUT2D eigenvalue weighted by Gasteiger charge is -2.14. The molecule has 1 aliphatic carbocycles. The van der Waals surface area contributed by atoms with Gasteiger partial charge < -0.3 is 5.32 Å². The fourth-order valence-corrected chi connectivity index (χ4v) is 2.55. The van der Waals surface area contributed by atoms with E-state index in [1.807, 2.05) is 0 Å². The van der Waals surface area contributed by atoms with Gasteiger partial charge in [-0.2, -0.15) is 0 Å². The van der Waals surface area contributed by atoms with Crippen LogP contribution in [0.15, 0.2) is 0 Å². The van der Waals surface area contributed by atoms with E-state index < -0.39 is 0 Å². The van der Waals surface area contributed by atoms with Gasteiger partial charge in [0.15, 0.2) is 0 Å². The Morgan fingerprint density at radius 1 is 1.21 bits per heavy atom. The van der Waals surface area contributed by atoms with Crippen molar-refractivity contribution in [3.05, 3.63) is 0 Å². The molecule has 1 saturated carbocycles. The molecule has 2 unspecified atom stereocenters. The Hall–Kier alpha value is -0.0400. The first-order valence-corrected chi connectivity index (χ1v) is 6.15. The predicted octanol–water partition coefficient (Wildman–Crippen LogP) is 3.30. The van der Waals surface area contributed by atoms with Gasteiger partial charge in [-0.3, -0.25) is 0 Å². The summed E-state index contributed by atoms with van der Waals surface area (Å²) in [5, 5.41) is 3.58. The predicted molar refractivity (Wildman–Crippen MR) is 63.4 cm³/mol. The van der Waals surface area contributed by atoms with Gasteiger partial charge in [-0.25, -0.2) is 0 Å². The van der Waals surface area contributed by atoms with Crippen LogP contribution in [-0.2, 0) is 0 Å². The summed E-state index contributed by atoms with van der Waals surface area (Å²) < 4.78 is 0. The summed E-state index contributed by atoms with van der Waals surface area (Å²) in [6.45, 7) is 14.1. The normalized spacial score (nSPS) is 31.5. The maximum absolute atomic E-state index is 3.58. The Labute approximate surface area is 89.7 Å². The summed E-state index contributed by atoms with van der Waals surface area (Å²) in [7, 11) is 0. The van der Waals surface area contributed by atoms with Gasteiger partial charge in [0.2, 0.25) is 0 Å². The van der Waals surface area contributed by atoms with Crippen molar-refractivity contribution in [2.45, 2.75) is 47.5 Å². The van der Waals surface area contributed by atoms with Gasteiger partial charge in [0.1, 0.15) is 0 Å². The molecule has 0 aromatic rings. The van der Waals surface area contributed by atoms with Crippen LogP contribution in [-0.4, -0.2) is 13.1 Å². The molecule has 0 radical (unpaired) electrons. The molecule has 84 valence electrons. The second-order valence-corrected chi connectivity index (χ2v) is 6.21. The highest BCUT2D eigenvalue weighted by Gasteiger charge is 2.48. The third kappa shape index (κ3) is 3.61. The minimum atomic E-state index is 0.665. The molecule has 1 N–H and O–H groups in total. The first-order valence-electron chi connectivity index (χ1n) is 6.15. The zero-order valence-electron chi connectivity index (χ0n) is 10.6. The first-order chi connectivity index (χ1) is 6.44. The van der Waals surface area contributed by atoms with Crippen molar-refractivity contribution in [1.82, 2.24) is 5.32 Å². The van der Waals surface area contributed by atoms with E-state index in [1.165, 1.54) is 25.9 Å². The van der Waals surface area contributed by atoms with Crippen LogP contribution in [0.1, 0.15) is 47.5 Å². The highest BCUT2D eigenvalue weighted by molar-refractivity contribution is 5.00. The average molecular weight is 197 g/mol. The van der Waals surface area contributed by atoms with Gasteiger partial charge in [0.05, 0.1) is 0 Å². The third-order valence-corrected chi connectivity index (χ3v) is 3.36. The van der Waals surface area contributed by atoms with Crippen LogP contribution in [0.25, 0.3) is 0 Å². The smallest absolute Gasteiger partial charge is 0.00150 e. The lowest BCUT2D eigenvalue weighted by Crippen LogP contribution is -2.23. The quantitative estimate of drug-likeness (QED) is 0.689. The lowest BCUT2D eigenvalue weighted by atomic mass is 9.94. The summed E-state index contributed by atoms with van der Waals surface area (Å²) in [5.74, 6) is 2.59. The monoisotopic (exact) mass is 197 g/mol. The van der Waals surface area contributed by atoms with Gasteiger partial charge >= 0.3 is 0 Å². The molecule has 2 atom stereocenters. The molecule has 0 saturated heterocycles. The number of rotatable bonds is 6. The zero-order chi connectivity index (χ0) is 10.8. The van der Waals surface area contributed by atoms with Crippen molar-refractivity contribution in [3.8, 4) is 0 Å². The fraction of sp³-hybridized carbons (Fsp3) is 1.00. The summed E-state index contributed by atoms with van der Waals surface area (Å²) in [4.78, 5) is 0. The van der Waals surface area contributed by atoms with Gasteiger partial charge in [-0.15, -0.1) is 0 Å². The largest absolute Gasteiger partial charge is 0.316 e. The average Bonchev–Trinajstić information content (AvgIpc) is 2.58. The van der Waals surface area contributed by atoms with Crippen LogP contribution in [0.3, 0.4) is 0 Å². The van der Waals surface area contributed by atoms with Crippen LogP contribution in [0.2, 0.25) is 0 Å². The number of hydrogen-bond acceptors (Lipinski definition) is 1. The third-order valence-electron chi connectivity index (χ3n) is 3.36. The standard InChI is InChI=1S/C13H27N/c1-10(2)6-13(5)7-12(13)9-14-8-11(3)4/h10-12,14H,6-9H2,1-5H3. The van der Waals surface area contributed by atoms with Gasteiger partial charge in [0, 0.05) is 0 Å². The molecule has 0 spiro atoms. The van der Waals surface area contributed by atoms with Crippen molar-refractivity contribution < 1.29 is 0 Å². The SMILES string of the molecule is CC(C)CNCC1CC1(C)CC(C)C. The molecule has 0 aromatic carbocycles. The molecule has 0 bridgehead atoms. The fourth-order valence-electron chi connectivity index (χ4n) is 2.55. The minimum Gasteiger partial charge on any atom is -0.316 e. The minimum absolute atomic E-state index is 0.665. The van der Waals surface area contributed by atoms with Crippen molar-refractivity contribution in [2.75, 3.05) is 13.1 Å². The number of nitrogens with one attached hydrogen (secondary N) is 1. The Morgan fingerprint density at radius 3 is 2.36 bits per heavy atom. The molecule has 1 aliphatic rings. The lowest BCUT2D eigenvalue weighted by molar-refractivity contribution is 0.377. The van der Waals surface area contributed by atoms with Crippen LogP contribution in [0.5, 0.6) is 0 Å². The Morgan fingerprint density at radius 2 is 1.86 bits per heavy atom. The van der Waals surface area contributed by atoms with Crippen molar-refractivity contribution in [1.29, 1.82) is 0 Å². The molecule has 1 nitrogen and oxygen atoms in total. The topological polar surface area (TPSA) is 12.0 Å². The summed E-state index contributed by atoms with van der Waals surface area (Å²) in [6.07, 6.45) is 2.84. The van der Waals surface area contributed by atoms with E-state index in [-0.39, 0.29) is 0 Å². The molecule has 0 amide bonds. The Bertz CT molecular complexity index is 174. The molecular formula is C13H27N. The molecule has 0 aromatic heterocycles. The van der Waals surface area contributed by atoms with Crippen LogP contribution in [0.4, 0.5) is 0 Å². The van der Waals surface area contributed by atoms with Crippen molar-refractivity contribution >= 4 is 0 Å². The van der Waals surface area contributed by atoms with E-state index in [0.29, 0.717) is 5.41 Å². The highest BCUT2D eigenvalue weighted by Crippen LogP contribution is 2.55. The molecule has 0 heterocycles. The van der Waals surface area contributed by atoms with E-state index in [4.69, 9.17) is 0 Å². The molecule has 1 heteroatoms. The van der Waals surface area contributed by atoms with Crippen molar-refractivity contribution in [2.24, 2.45) is 23.2 Å². The second-order valence-electron chi connectivity index (χ2n) is 6.21. The van der Waals surface area contributed by atoms with Crippen LogP contribution in [0, 0.1) is 23.2 Å². The molecule has 0 aliphatic heterocycles. The first kappa shape index (κ1) is 12.0.